The molecule has 1 saturated heterocycles. The van der Waals surface area contributed by atoms with Crippen LogP contribution in [0.1, 0.15) is 37.6 Å². The van der Waals surface area contributed by atoms with Crippen LogP contribution in [-0.4, -0.2) is 59.5 Å². The summed E-state index contributed by atoms with van der Waals surface area (Å²) in [5.41, 5.74) is 0. The molecule has 2 N–H and O–H groups in total. The number of morpholine rings is 1. The average Bonchev–Trinajstić information content (AvgIpc) is 3.19. The summed E-state index contributed by atoms with van der Waals surface area (Å²) >= 11 is 1.47. The molecule has 2 atom stereocenters. The number of aromatic nitrogens is 2. The number of nitrogens with zero attached hydrogens (tertiary/aromatic N) is 3. The van der Waals surface area contributed by atoms with Gasteiger partial charge in [-0.1, -0.05) is 11.3 Å². The van der Waals surface area contributed by atoms with Crippen LogP contribution in [0.25, 0.3) is 0 Å². The lowest BCUT2D eigenvalue weighted by molar-refractivity contribution is -0.0672. The summed E-state index contributed by atoms with van der Waals surface area (Å²) in [5, 5.41) is 15.3. The summed E-state index contributed by atoms with van der Waals surface area (Å²) in [6.45, 7) is 7.42. The Bertz CT molecular complexity index is 509. The number of ether oxygens (including phenoxy) is 1. The molecule has 1 aromatic heterocycles. The number of hydrogen-bond donors (Lipinski definition) is 2. The second kappa shape index (κ2) is 6.89. The lowest BCUT2D eigenvalue weighted by Crippen LogP contribution is -2.48. The van der Waals surface area contributed by atoms with Crippen molar-refractivity contribution < 1.29 is 9.53 Å². The predicted octanol–water partition coefficient (Wildman–Crippen LogP) is 1.65. The van der Waals surface area contributed by atoms with Crippen LogP contribution in [0.15, 0.2) is 0 Å². The standard InChI is InChI=1S/C14H23N5O2S/c1-9-7-19(8-10(2)21-9)6-5-15-13(20)16-14-18-17-12(22-14)11-3-4-11/h9-11H,3-8H2,1-2H3,(H2,15,16,18,20)/t9-,10+. The van der Waals surface area contributed by atoms with Gasteiger partial charge in [-0.3, -0.25) is 10.2 Å². The van der Waals surface area contributed by atoms with E-state index < -0.39 is 0 Å². The summed E-state index contributed by atoms with van der Waals surface area (Å²) in [6, 6.07) is -0.215. The Balaban J connectivity index is 1.36. The third kappa shape index (κ3) is 4.37. The first-order chi connectivity index (χ1) is 10.6. The second-order valence-corrected chi connectivity index (χ2v) is 7.13. The second-order valence-electron chi connectivity index (χ2n) is 6.12. The maximum atomic E-state index is 11.9. The number of amides is 2. The van der Waals surface area contributed by atoms with E-state index in [1.54, 1.807) is 0 Å². The Labute approximate surface area is 134 Å². The number of nitrogens with one attached hydrogen (secondary N) is 2. The molecule has 122 valence electrons. The van der Waals surface area contributed by atoms with Crippen molar-refractivity contribution in [2.75, 3.05) is 31.5 Å². The molecule has 1 saturated carbocycles. The van der Waals surface area contributed by atoms with Gasteiger partial charge < -0.3 is 10.1 Å². The number of hydrogen-bond acceptors (Lipinski definition) is 6. The van der Waals surface area contributed by atoms with Crippen molar-refractivity contribution in [3.8, 4) is 0 Å². The first-order valence-corrected chi connectivity index (χ1v) is 8.68. The van der Waals surface area contributed by atoms with E-state index in [0.717, 1.165) is 24.6 Å². The predicted molar refractivity (Wildman–Crippen MR) is 85.4 cm³/mol. The number of carbonyl (C=O) groups is 1. The fraction of sp³-hybridized carbons (Fsp3) is 0.786. The van der Waals surface area contributed by atoms with Gasteiger partial charge in [0.05, 0.1) is 12.2 Å². The van der Waals surface area contributed by atoms with Crippen molar-refractivity contribution in [2.45, 2.75) is 44.8 Å². The van der Waals surface area contributed by atoms with Gasteiger partial charge in [0.15, 0.2) is 0 Å². The van der Waals surface area contributed by atoms with Crippen LogP contribution in [0.4, 0.5) is 9.93 Å². The molecule has 7 nitrogen and oxygen atoms in total. The smallest absolute Gasteiger partial charge is 0.321 e. The van der Waals surface area contributed by atoms with Gasteiger partial charge in [0.1, 0.15) is 5.01 Å². The van der Waals surface area contributed by atoms with E-state index in [1.165, 1.54) is 24.2 Å². The van der Waals surface area contributed by atoms with E-state index in [-0.39, 0.29) is 18.2 Å². The van der Waals surface area contributed by atoms with Gasteiger partial charge in [-0.2, -0.15) is 0 Å². The summed E-state index contributed by atoms with van der Waals surface area (Å²) < 4.78 is 5.69. The third-order valence-electron chi connectivity index (χ3n) is 3.80. The minimum absolute atomic E-state index is 0.215. The monoisotopic (exact) mass is 325 g/mol. The lowest BCUT2D eigenvalue weighted by atomic mass is 10.2. The molecule has 0 bridgehead atoms. The molecule has 2 aliphatic rings. The normalized spacial score (nSPS) is 25.9. The molecule has 2 amide bonds. The van der Waals surface area contributed by atoms with Gasteiger partial charge in [0, 0.05) is 32.1 Å². The molecular weight excluding hydrogens is 302 g/mol. The molecule has 2 heterocycles. The van der Waals surface area contributed by atoms with Crippen molar-refractivity contribution in [1.82, 2.24) is 20.4 Å². The number of rotatable bonds is 5. The van der Waals surface area contributed by atoms with E-state index in [4.69, 9.17) is 4.74 Å². The lowest BCUT2D eigenvalue weighted by Gasteiger charge is -2.35. The van der Waals surface area contributed by atoms with Crippen LogP contribution in [0.5, 0.6) is 0 Å². The fourth-order valence-electron chi connectivity index (χ4n) is 2.72. The first kappa shape index (κ1) is 15.6. The zero-order valence-corrected chi connectivity index (χ0v) is 13.9. The van der Waals surface area contributed by atoms with Crippen molar-refractivity contribution in [2.24, 2.45) is 0 Å². The van der Waals surface area contributed by atoms with Crippen LogP contribution in [0.2, 0.25) is 0 Å². The third-order valence-corrected chi connectivity index (χ3v) is 4.80. The molecular formula is C14H23N5O2S. The Hall–Kier alpha value is -1.25. The number of urea groups is 1. The van der Waals surface area contributed by atoms with Gasteiger partial charge in [-0.05, 0) is 26.7 Å². The zero-order chi connectivity index (χ0) is 15.5. The molecule has 0 spiro atoms. The SMILES string of the molecule is C[C@@H]1CN(CCNC(=O)Nc2nnc(C3CC3)s2)C[C@H](C)O1. The van der Waals surface area contributed by atoms with E-state index in [2.05, 4.69) is 39.6 Å². The van der Waals surface area contributed by atoms with Gasteiger partial charge >= 0.3 is 6.03 Å². The Morgan fingerprint density at radius 3 is 2.73 bits per heavy atom. The molecule has 1 aliphatic carbocycles. The van der Waals surface area contributed by atoms with Gasteiger partial charge in [0.25, 0.3) is 0 Å². The van der Waals surface area contributed by atoms with E-state index in [0.29, 0.717) is 17.6 Å². The highest BCUT2D eigenvalue weighted by Crippen LogP contribution is 2.41. The topological polar surface area (TPSA) is 79.4 Å². The van der Waals surface area contributed by atoms with E-state index in [1.807, 2.05) is 0 Å². The van der Waals surface area contributed by atoms with E-state index in [9.17, 15) is 4.79 Å². The fourth-order valence-corrected chi connectivity index (χ4v) is 3.62. The Kier molecular flexibility index (Phi) is 4.90. The molecule has 1 aromatic rings. The van der Waals surface area contributed by atoms with Crippen LogP contribution in [0.3, 0.4) is 0 Å². The van der Waals surface area contributed by atoms with Crippen LogP contribution >= 0.6 is 11.3 Å². The molecule has 1 aliphatic heterocycles. The molecule has 3 rings (SSSR count). The molecule has 22 heavy (non-hydrogen) atoms. The summed E-state index contributed by atoms with van der Waals surface area (Å²) in [4.78, 5) is 14.2. The minimum Gasteiger partial charge on any atom is -0.373 e. The van der Waals surface area contributed by atoms with Crippen molar-refractivity contribution in [1.29, 1.82) is 0 Å². The van der Waals surface area contributed by atoms with Crippen molar-refractivity contribution in [3.05, 3.63) is 5.01 Å². The summed E-state index contributed by atoms with van der Waals surface area (Å²) in [7, 11) is 0. The zero-order valence-electron chi connectivity index (χ0n) is 13.0. The van der Waals surface area contributed by atoms with Gasteiger partial charge in [-0.15, -0.1) is 10.2 Å². The maximum absolute atomic E-state index is 11.9. The molecule has 2 fully saturated rings. The average molecular weight is 325 g/mol. The van der Waals surface area contributed by atoms with Crippen molar-refractivity contribution in [3.63, 3.8) is 0 Å². The molecule has 0 aromatic carbocycles. The summed E-state index contributed by atoms with van der Waals surface area (Å²) in [5.74, 6) is 0.571. The van der Waals surface area contributed by atoms with Crippen LogP contribution in [0, 0.1) is 0 Å². The molecule has 0 radical (unpaired) electrons. The van der Waals surface area contributed by atoms with E-state index >= 15 is 0 Å². The van der Waals surface area contributed by atoms with Gasteiger partial charge in [0.2, 0.25) is 5.13 Å². The number of anilines is 1. The highest BCUT2D eigenvalue weighted by molar-refractivity contribution is 7.15. The first-order valence-electron chi connectivity index (χ1n) is 7.86. The minimum atomic E-state index is -0.215. The molecule has 0 unspecified atom stereocenters. The summed E-state index contributed by atoms with van der Waals surface area (Å²) in [6.07, 6.45) is 2.88. The van der Waals surface area contributed by atoms with Crippen LogP contribution < -0.4 is 10.6 Å². The largest absolute Gasteiger partial charge is 0.373 e. The van der Waals surface area contributed by atoms with Gasteiger partial charge in [-0.25, -0.2) is 4.79 Å². The van der Waals surface area contributed by atoms with Crippen molar-refractivity contribution >= 4 is 22.5 Å². The van der Waals surface area contributed by atoms with Crippen LogP contribution in [-0.2, 0) is 4.74 Å². The highest BCUT2D eigenvalue weighted by Gasteiger charge is 2.27. The molecule has 8 heteroatoms. The maximum Gasteiger partial charge on any atom is 0.321 e. The highest BCUT2D eigenvalue weighted by atomic mass is 32.1. The Morgan fingerprint density at radius 2 is 2.05 bits per heavy atom. The number of carbonyl (C=O) groups excluding carboxylic acids is 1. The quantitative estimate of drug-likeness (QED) is 0.860. The Morgan fingerprint density at radius 1 is 1.32 bits per heavy atom.